The fraction of sp³-hybridized carbons (Fsp3) is 0.0909. The quantitative estimate of drug-likeness (QED) is 0.682. The lowest BCUT2D eigenvalue weighted by Gasteiger charge is -2.25. The highest BCUT2D eigenvalue weighted by atomic mass is 19.1. The molecule has 3 aromatic rings. The average Bonchev–Trinajstić information content (AvgIpc) is 2.75. The molecule has 0 aliphatic carbocycles. The number of nitriles is 1. The van der Waals surface area contributed by atoms with E-state index in [2.05, 4.69) is 0 Å². The molecule has 1 aliphatic rings. The van der Waals surface area contributed by atoms with Gasteiger partial charge in [0.25, 0.3) is 0 Å². The van der Waals surface area contributed by atoms with Crippen molar-refractivity contribution in [3.05, 3.63) is 99.2 Å². The van der Waals surface area contributed by atoms with Crippen LogP contribution in [0.2, 0.25) is 0 Å². The van der Waals surface area contributed by atoms with Crippen molar-refractivity contribution in [3.63, 3.8) is 0 Å². The van der Waals surface area contributed by atoms with Crippen LogP contribution < -0.4 is 20.6 Å². The number of allylic oxidation sites excluding steroid dienone is 1. The third-order valence-electron chi connectivity index (χ3n) is 4.55. The zero-order chi connectivity index (χ0) is 21.3. The molecule has 0 saturated heterocycles. The van der Waals surface area contributed by atoms with Crippen LogP contribution in [0.25, 0.3) is 0 Å². The standard InChI is InChI=1S/C22H15FN2O5/c23-16-8-12(6-7-18(16)28-13-4-2-1-3-5-13)19-15(10-24)22(25)30-20-17(27)9-14(11-26)29-21(19)20/h1-9,19,26H,11,25H2/t19-/m1/s1. The summed E-state index contributed by atoms with van der Waals surface area (Å²) >= 11 is 0. The van der Waals surface area contributed by atoms with Gasteiger partial charge >= 0.3 is 0 Å². The van der Waals surface area contributed by atoms with E-state index < -0.39 is 23.8 Å². The Labute approximate surface area is 170 Å². The first kappa shape index (κ1) is 19.2. The molecule has 1 aromatic heterocycles. The molecule has 0 spiro atoms. The average molecular weight is 406 g/mol. The summed E-state index contributed by atoms with van der Waals surface area (Å²) in [5.74, 6) is -1.76. The van der Waals surface area contributed by atoms with E-state index in [9.17, 15) is 19.6 Å². The monoisotopic (exact) mass is 406 g/mol. The molecular weight excluding hydrogens is 391 g/mol. The van der Waals surface area contributed by atoms with Gasteiger partial charge in [0.05, 0.1) is 5.92 Å². The summed E-state index contributed by atoms with van der Waals surface area (Å²) in [7, 11) is 0. The van der Waals surface area contributed by atoms with Gasteiger partial charge in [-0.25, -0.2) is 4.39 Å². The fourth-order valence-corrected chi connectivity index (χ4v) is 3.19. The summed E-state index contributed by atoms with van der Waals surface area (Å²) in [5.41, 5.74) is 5.51. The molecule has 4 rings (SSSR count). The summed E-state index contributed by atoms with van der Waals surface area (Å²) in [6, 6.07) is 15.8. The Morgan fingerprint density at radius 2 is 1.97 bits per heavy atom. The van der Waals surface area contributed by atoms with E-state index in [1.807, 2.05) is 12.1 Å². The number of para-hydroxylation sites is 1. The zero-order valence-corrected chi connectivity index (χ0v) is 15.5. The van der Waals surface area contributed by atoms with Gasteiger partial charge in [-0.2, -0.15) is 5.26 Å². The molecule has 1 aliphatic heterocycles. The van der Waals surface area contributed by atoms with Gasteiger partial charge in [-0.15, -0.1) is 0 Å². The highest BCUT2D eigenvalue weighted by molar-refractivity contribution is 5.53. The van der Waals surface area contributed by atoms with E-state index >= 15 is 0 Å². The Morgan fingerprint density at radius 3 is 2.63 bits per heavy atom. The molecule has 1 atom stereocenters. The Hall–Kier alpha value is -4.09. The van der Waals surface area contributed by atoms with Gasteiger partial charge in [0.1, 0.15) is 29.8 Å². The van der Waals surface area contributed by atoms with Crippen molar-refractivity contribution in [1.82, 2.24) is 0 Å². The minimum absolute atomic E-state index is 0.0155. The number of hydrogen-bond donors (Lipinski definition) is 2. The number of fused-ring (bicyclic) bond motifs is 1. The first-order chi connectivity index (χ1) is 14.5. The summed E-state index contributed by atoms with van der Waals surface area (Å²) in [6.07, 6.45) is 0. The molecular formula is C22H15FN2O5. The Balaban J connectivity index is 1.81. The molecule has 0 amide bonds. The molecule has 2 aromatic carbocycles. The predicted octanol–water partition coefficient (Wildman–Crippen LogP) is 3.28. The lowest BCUT2D eigenvalue weighted by molar-refractivity contribution is 0.231. The molecule has 8 heteroatoms. The lowest BCUT2D eigenvalue weighted by atomic mass is 9.87. The number of aliphatic hydroxyl groups is 1. The number of hydrogen-bond acceptors (Lipinski definition) is 7. The molecule has 0 bridgehead atoms. The number of aliphatic hydroxyl groups excluding tert-OH is 1. The molecule has 0 fully saturated rings. The SMILES string of the molecule is N#CC1=C(N)Oc2c(oc(CO)cc2=O)[C@@H]1c1ccc(Oc2ccccc2)c(F)c1. The van der Waals surface area contributed by atoms with Gasteiger partial charge in [-0.1, -0.05) is 24.3 Å². The largest absolute Gasteiger partial charge is 0.458 e. The summed E-state index contributed by atoms with van der Waals surface area (Å²) < 4.78 is 31.2. The van der Waals surface area contributed by atoms with Crippen LogP contribution in [-0.4, -0.2) is 5.11 Å². The highest BCUT2D eigenvalue weighted by Crippen LogP contribution is 2.42. The topological polar surface area (TPSA) is 119 Å². The van der Waals surface area contributed by atoms with Crippen molar-refractivity contribution in [2.24, 2.45) is 5.73 Å². The fourth-order valence-electron chi connectivity index (χ4n) is 3.19. The van der Waals surface area contributed by atoms with E-state index in [1.165, 1.54) is 18.2 Å². The normalized spacial score (nSPS) is 15.2. The van der Waals surface area contributed by atoms with E-state index in [0.717, 1.165) is 6.07 Å². The van der Waals surface area contributed by atoms with Crippen LogP contribution in [0, 0.1) is 17.1 Å². The predicted molar refractivity (Wildman–Crippen MR) is 103 cm³/mol. The number of nitrogens with two attached hydrogens (primary N) is 1. The van der Waals surface area contributed by atoms with Crippen molar-refractivity contribution in [1.29, 1.82) is 5.26 Å². The third kappa shape index (κ3) is 3.38. The molecule has 0 unspecified atom stereocenters. The minimum atomic E-state index is -0.988. The summed E-state index contributed by atoms with van der Waals surface area (Å²) in [5, 5.41) is 18.9. The number of rotatable bonds is 4. The van der Waals surface area contributed by atoms with Crippen LogP contribution in [0.1, 0.15) is 23.0 Å². The number of nitrogens with zero attached hydrogens (tertiary/aromatic N) is 1. The van der Waals surface area contributed by atoms with Crippen LogP contribution in [0.3, 0.4) is 0 Å². The van der Waals surface area contributed by atoms with Gasteiger partial charge in [-0.05, 0) is 29.8 Å². The highest BCUT2D eigenvalue weighted by Gasteiger charge is 2.35. The second-order valence-corrected chi connectivity index (χ2v) is 6.46. The number of halogens is 1. The van der Waals surface area contributed by atoms with Crippen LogP contribution in [0.15, 0.2) is 75.3 Å². The minimum Gasteiger partial charge on any atom is -0.458 e. The number of ether oxygens (including phenoxy) is 2. The number of benzene rings is 2. The maximum absolute atomic E-state index is 14.8. The smallest absolute Gasteiger partial charge is 0.228 e. The first-order valence-corrected chi connectivity index (χ1v) is 8.89. The van der Waals surface area contributed by atoms with Crippen molar-refractivity contribution in [2.45, 2.75) is 12.5 Å². The van der Waals surface area contributed by atoms with E-state index in [1.54, 1.807) is 24.3 Å². The van der Waals surface area contributed by atoms with Crippen molar-refractivity contribution < 1.29 is 23.4 Å². The second kappa shape index (κ2) is 7.73. The first-order valence-electron chi connectivity index (χ1n) is 8.89. The second-order valence-electron chi connectivity index (χ2n) is 6.46. The molecule has 30 heavy (non-hydrogen) atoms. The molecule has 0 radical (unpaired) electrons. The summed E-state index contributed by atoms with van der Waals surface area (Å²) in [4.78, 5) is 12.3. The maximum atomic E-state index is 14.8. The molecule has 3 N–H and O–H groups in total. The van der Waals surface area contributed by atoms with Crippen molar-refractivity contribution in [2.75, 3.05) is 0 Å². The van der Waals surface area contributed by atoms with Crippen LogP contribution in [-0.2, 0) is 6.61 Å². The van der Waals surface area contributed by atoms with E-state index in [0.29, 0.717) is 11.3 Å². The van der Waals surface area contributed by atoms with Crippen LogP contribution in [0.4, 0.5) is 4.39 Å². The molecule has 0 saturated carbocycles. The Bertz CT molecular complexity index is 1240. The van der Waals surface area contributed by atoms with Gasteiger partial charge in [0.15, 0.2) is 17.3 Å². The van der Waals surface area contributed by atoms with Gasteiger partial charge < -0.3 is 24.7 Å². The zero-order valence-electron chi connectivity index (χ0n) is 15.5. The van der Waals surface area contributed by atoms with E-state index in [-0.39, 0.29) is 34.5 Å². The van der Waals surface area contributed by atoms with Crippen LogP contribution in [0.5, 0.6) is 17.2 Å². The molecule has 7 nitrogen and oxygen atoms in total. The van der Waals surface area contributed by atoms with Gasteiger partial charge in [0.2, 0.25) is 17.1 Å². The van der Waals surface area contributed by atoms with Crippen LogP contribution >= 0.6 is 0 Å². The van der Waals surface area contributed by atoms with Gasteiger partial charge in [0, 0.05) is 6.07 Å². The maximum Gasteiger partial charge on any atom is 0.228 e. The lowest BCUT2D eigenvalue weighted by Crippen LogP contribution is -2.25. The summed E-state index contributed by atoms with van der Waals surface area (Å²) in [6.45, 7) is -0.533. The Kier molecular flexibility index (Phi) is 4.96. The third-order valence-corrected chi connectivity index (χ3v) is 4.55. The Morgan fingerprint density at radius 1 is 1.20 bits per heavy atom. The van der Waals surface area contributed by atoms with Crippen molar-refractivity contribution in [3.8, 4) is 23.3 Å². The molecule has 2 heterocycles. The van der Waals surface area contributed by atoms with E-state index in [4.69, 9.17) is 19.6 Å². The van der Waals surface area contributed by atoms with Crippen molar-refractivity contribution >= 4 is 0 Å². The molecule has 150 valence electrons. The van der Waals surface area contributed by atoms with Gasteiger partial charge in [-0.3, -0.25) is 4.79 Å².